The van der Waals surface area contributed by atoms with Crippen LogP contribution in [0.5, 0.6) is 0 Å². The third-order valence-electron chi connectivity index (χ3n) is 2.76. The number of hydrogen-bond acceptors (Lipinski definition) is 7. The van der Waals surface area contributed by atoms with Crippen LogP contribution in [0.1, 0.15) is 20.7 Å². The number of nitrogens with zero attached hydrogens (tertiary/aromatic N) is 1. The second kappa shape index (κ2) is 5.73. The molecule has 0 radical (unpaired) electrons. The van der Waals surface area contributed by atoms with E-state index in [4.69, 9.17) is 16.3 Å². The molecular formula is C11H13FN2O6S. The molecule has 0 bridgehead atoms. The monoisotopic (exact) mass is 323 g/mol. The lowest BCUT2D eigenvalue weighted by Crippen LogP contribution is -2.42. The molecule has 8 nitrogen and oxygen atoms in total. The molecular weight excluding hydrogens is 307 g/mol. The van der Waals surface area contributed by atoms with E-state index < -0.39 is 36.5 Å². The first-order valence-electron chi connectivity index (χ1n) is 7.06. The van der Waals surface area contributed by atoms with Crippen molar-refractivity contribution >= 4 is 18.5 Å². The highest BCUT2D eigenvalue weighted by atomic mass is 32.1. The summed E-state index contributed by atoms with van der Waals surface area (Å²) < 4.78 is 46.6. The second-order valence-electron chi connectivity index (χ2n) is 4.11. The Morgan fingerprint density at radius 2 is 2.48 bits per heavy atom. The van der Waals surface area contributed by atoms with E-state index in [9.17, 15) is 24.2 Å². The normalized spacial score (nSPS) is 38.6. The van der Waals surface area contributed by atoms with E-state index in [2.05, 4.69) is 9.47 Å². The van der Waals surface area contributed by atoms with E-state index >= 15 is 0 Å². The molecule has 0 unspecified atom stereocenters. The molecule has 0 spiro atoms. The number of methoxy groups -OCH3 is 1. The van der Waals surface area contributed by atoms with E-state index in [0.29, 0.717) is 0 Å². The predicted octanol–water partition coefficient (Wildman–Crippen LogP) is -0.719. The van der Waals surface area contributed by atoms with Crippen molar-refractivity contribution in [2.45, 2.75) is 24.3 Å². The molecule has 0 amide bonds. The summed E-state index contributed by atoms with van der Waals surface area (Å²) in [5, 5.41) is 19.9. The van der Waals surface area contributed by atoms with Crippen LogP contribution in [-0.4, -0.2) is 57.8 Å². The van der Waals surface area contributed by atoms with Crippen molar-refractivity contribution < 1.29 is 33.0 Å². The van der Waals surface area contributed by atoms with Crippen LogP contribution in [-0.2, 0) is 9.47 Å². The summed E-state index contributed by atoms with van der Waals surface area (Å²) in [6, 6.07) is 0. The molecule has 1 saturated heterocycles. The minimum absolute atomic E-state index is 0.243. The molecule has 1 fully saturated rings. The third kappa shape index (κ3) is 2.68. The van der Waals surface area contributed by atoms with Crippen molar-refractivity contribution in [3.05, 3.63) is 26.9 Å². The Hall–Kier alpha value is -1.46. The molecule has 0 saturated carbocycles. The Morgan fingerprint density at radius 3 is 3.05 bits per heavy atom. The number of nitrogens with one attached hydrogen (secondary N) is 1. The van der Waals surface area contributed by atoms with Crippen molar-refractivity contribution in [2.24, 2.45) is 0 Å². The van der Waals surface area contributed by atoms with Gasteiger partial charge in [0.2, 0.25) is 0 Å². The fourth-order valence-electron chi connectivity index (χ4n) is 1.76. The first kappa shape index (κ1) is 12.1. The van der Waals surface area contributed by atoms with Crippen LogP contribution < -0.4 is 5.69 Å². The number of halogens is 1. The van der Waals surface area contributed by atoms with Crippen LogP contribution in [0.3, 0.4) is 0 Å². The number of H-pyrrole nitrogens is 1. The molecule has 3 N–H and O–H groups in total. The maximum atomic E-state index is 14.8. The van der Waals surface area contributed by atoms with Crippen molar-refractivity contribution in [3.8, 4) is 0 Å². The zero-order valence-electron chi connectivity index (χ0n) is 13.6. The van der Waals surface area contributed by atoms with Gasteiger partial charge in [0.1, 0.15) is 23.4 Å². The Bertz CT molecular complexity index is 788. The lowest BCUT2D eigenvalue weighted by Gasteiger charge is -2.21. The van der Waals surface area contributed by atoms with Crippen LogP contribution >= 0.6 is 12.2 Å². The van der Waals surface area contributed by atoms with Gasteiger partial charge in [-0.15, -0.1) is 0 Å². The van der Waals surface area contributed by atoms with Crippen LogP contribution in [0, 0.1) is 4.64 Å². The molecule has 116 valence electrons. The SMILES string of the molecule is [2H]C([2H])(OC)[C@@]1(F)O[C@@]([2H])(n2cc(C=O)c(=S)[nH]c2=O)[C@H](O)[C@@H]1O. The number of carbonyl (C=O) groups excluding carboxylic acids is 1. The summed E-state index contributed by atoms with van der Waals surface area (Å²) >= 11 is 4.72. The number of ether oxygens (including phenoxy) is 2. The lowest BCUT2D eigenvalue weighted by molar-refractivity contribution is -0.211. The minimum atomic E-state index is -3.67. The van der Waals surface area contributed by atoms with Crippen LogP contribution in [0.25, 0.3) is 0 Å². The van der Waals surface area contributed by atoms with Crippen molar-refractivity contribution in [3.63, 3.8) is 0 Å². The molecule has 2 rings (SSSR count). The summed E-state index contributed by atoms with van der Waals surface area (Å²) in [5.41, 5.74) is -1.42. The number of alkyl halides is 1. The predicted molar refractivity (Wildman–Crippen MR) is 69.1 cm³/mol. The van der Waals surface area contributed by atoms with E-state index in [0.717, 1.165) is 13.3 Å². The number of carbonyl (C=O) groups is 1. The van der Waals surface area contributed by atoms with Gasteiger partial charge in [-0.1, -0.05) is 12.2 Å². The number of aldehydes is 1. The fraction of sp³-hybridized carbons (Fsp3) is 0.545. The van der Waals surface area contributed by atoms with Gasteiger partial charge in [-0.25, -0.2) is 9.18 Å². The third-order valence-corrected chi connectivity index (χ3v) is 3.10. The molecule has 10 heteroatoms. The Balaban J connectivity index is 2.66. The summed E-state index contributed by atoms with van der Waals surface area (Å²) in [6.07, 6.45) is -6.99. The Morgan fingerprint density at radius 1 is 1.81 bits per heavy atom. The summed E-state index contributed by atoms with van der Waals surface area (Å²) in [5.74, 6) is -3.67. The number of aliphatic hydroxyl groups is 2. The van der Waals surface area contributed by atoms with Gasteiger partial charge in [0.15, 0.2) is 12.5 Å². The van der Waals surface area contributed by atoms with Crippen LogP contribution in [0.15, 0.2) is 11.0 Å². The van der Waals surface area contributed by atoms with Crippen LogP contribution in [0.2, 0.25) is 0 Å². The lowest BCUT2D eigenvalue weighted by atomic mass is 10.1. The molecule has 21 heavy (non-hydrogen) atoms. The fourth-order valence-corrected chi connectivity index (χ4v) is 1.94. The number of hydrogen-bond donors (Lipinski definition) is 3. The molecule has 0 aliphatic carbocycles. The highest BCUT2D eigenvalue weighted by Gasteiger charge is 2.56. The van der Waals surface area contributed by atoms with Gasteiger partial charge in [-0.05, 0) is 0 Å². The largest absolute Gasteiger partial charge is 0.385 e. The minimum Gasteiger partial charge on any atom is -0.385 e. The highest BCUT2D eigenvalue weighted by Crippen LogP contribution is 2.37. The highest BCUT2D eigenvalue weighted by molar-refractivity contribution is 7.71. The molecule has 1 aromatic rings. The summed E-state index contributed by atoms with van der Waals surface area (Å²) in [4.78, 5) is 24.9. The average molecular weight is 323 g/mol. The Labute approximate surface area is 127 Å². The molecule has 0 aromatic carbocycles. The molecule has 1 aliphatic heterocycles. The Kier molecular flexibility index (Phi) is 3.31. The second-order valence-corrected chi connectivity index (χ2v) is 4.52. The van der Waals surface area contributed by atoms with Gasteiger partial charge in [0.05, 0.1) is 9.68 Å². The smallest absolute Gasteiger partial charge is 0.328 e. The molecule has 2 heterocycles. The van der Waals surface area contributed by atoms with E-state index in [1.165, 1.54) is 0 Å². The number of aromatic nitrogens is 2. The van der Waals surface area contributed by atoms with Gasteiger partial charge < -0.3 is 19.7 Å². The van der Waals surface area contributed by atoms with Gasteiger partial charge in [0, 0.05) is 13.3 Å². The zero-order chi connectivity index (χ0) is 18.5. The van der Waals surface area contributed by atoms with E-state index in [1.807, 2.05) is 4.98 Å². The first-order valence-corrected chi connectivity index (χ1v) is 5.97. The molecule has 4 atom stereocenters. The van der Waals surface area contributed by atoms with E-state index in [1.54, 1.807) is 0 Å². The van der Waals surface area contributed by atoms with Crippen molar-refractivity contribution in [2.75, 3.05) is 13.7 Å². The number of aliphatic hydroxyl groups excluding tert-OH is 2. The van der Waals surface area contributed by atoms with E-state index in [-0.39, 0.29) is 21.1 Å². The standard InChI is InChI=1S/C11H13FN2O6S/c1-19-4-11(12)7(17)6(16)9(20-11)14-2-5(3-15)8(21)13-10(14)18/h2-3,6-7,9,16-17H,4H2,1H3,(H,13,18,21)/t6-,7+,9-,11-/m1/s1/i4D2,9D. The quantitative estimate of drug-likeness (QED) is 0.495. The molecule has 1 aromatic heterocycles. The van der Waals surface area contributed by atoms with Gasteiger partial charge in [0.25, 0.3) is 5.85 Å². The topological polar surface area (TPSA) is 114 Å². The van der Waals surface area contributed by atoms with Gasteiger partial charge in [-0.2, -0.15) is 0 Å². The number of aromatic amines is 1. The van der Waals surface area contributed by atoms with Crippen molar-refractivity contribution in [1.29, 1.82) is 0 Å². The zero-order valence-corrected chi connectivity index (χ0v) is 11.4. The van der Waals surface area contributed by atoms with Crippen molar-refractivity contribution in [1.82, 2.24) is 9.55 Å². The van der Waals surface area contributed by atoms with Gasteiger partial charge >= 0.3 is 5.69 Å². The summed E-state index contributed by atoms with van der Waals surface area (Å²) in [7, 11) is 0.782. The average Bonchev–Trinajstić information content (AvgIpc) is 2.70. The maximum Gasteiger partial charge on any atom is 0.328 e. The first-order chi connectivity index (χ1) is 10.9. The maximum absolute atomic E-state index is 14.8. The van der Waals surface area contributed by atoms with Crippen LogP contribution in [0.4, 0.5) is 4.39 Å². The number of rotatable bonds is 4. The molecule has 1 aliphatic rings. The van der Waals surface area contributed by atoms with Gasteiger partial charge in [-0.3, -0.25) is 14.3 Å². The summed E-state index contributed by atoms with van der Waals surface area (Å²) in [6.45, 7) is -3.25.